The van der Waals surface area contributed by atoms with Gasteiger partial charge in [0.2, 0.25) is 0 Å². The lowest BCUT2D eigenvalue weighted by atomic mass is 9.85. The molecule has 1 aliphatic carbocycles. The Morgan fingerprint density at radius 2 is 2.13 bits per heavy atom. The average Bonchev–Trinajstić information content (AvgIpc) is 2.88. The van der Waals surface area contributed by atoms with Crippen molar-refractivity contribution in [3.8, 4) is 11.5 Å². The van der Waals surface area contributed by atoms with E-state index in [0.29, 0.717) is 0 Å². The number of benzene rings is 1. The molecule has 130 valence electrons. The first-order chi connectivity index (χ1) is 10.9. The Morgan fingerprint density at radius 1 is 1.39 bits per heavy atom. The highest BCUT2D eigenvalue weighted by Gasteiger charge is 2.38. The predicted octanol–water partition coefficient (Wildman–Crippen LogP) is 3.50. The van der Waals surface area contributed by atoms with Crippen molar-refractivity contribution in [2.24, 2.45) is 5.41 Å². The highest BCUT2D eigenvalue weighted by atomic mass is 19.3. The van der Waals surface area contributed by atoms with Gasteiger partial charge in [0, 0.05) is 24.1 Å². The minimum absolute atomic E-state index is 0.0125. The summed E-state index contributed by atoms with van der Waals surface area (Å²) in [6.07, 6.45) is 3.11. The van der Waals surface area contributed by atoms with E-state index in [-0.39, 0.29) is 35.6 Å². The molecule has 3 atom stereocenters. The van der Waals surface area contributed by atoms with Gasteiger partial charge in [-0.15, -0.1) is 0 Å². The first kappa shape index (κ1) is 17.9. The molecule has 0 aliphatic heterocycles. The van der Waals surface area contributed by atoms with Crippen LogP contribution < -0.4 is 14.8 Å². The molecule has 1 fully saturated rings. The van der Waals surface area contributed by atoms with Crippen LogP contribution >= 0.6 is 0 Å². The number of aliphatic hydroxyl groups is 1. The van der Waals surface area contributed by atoms with Crippen molar-refractivity contribution in [2.45, 2.75) is 51.8 Å². The van der Waals surface area contributed by atoms with Crippen LogP contribution in [0.3, 0.4) is 0 Å². The van der Waals surface area contributed by atoms with Crippen LogP contribution in [0.1, 0.15) is 44.7 Å². The highest BCUT2D eigenvalue weighted by Crippen LogP contribution is 2.39. The van der Waals surface area contributed by atoms with Crippen molar-refractivity contribution >= 4 is 0 Å². The van der Waals surface area contributed by atoms with E-state index in [1.165, 1.54) is 13.2 Å². The Labute approximate surface area is 135 Å². The van der Waals surface area contributed by atoms with Gasteiger partial charge in [-0.3, -0.25) is 0 Å². The molecule has 1 aliphatic rings. The zero-order valence-corrected chi connectivity index (χ0v) is 13.8. The number of hydrogen-bond donors (Lipinski definition) is 2. The van der Waals surface area contributed by atoms with Crippen LogP contribution in [0.2, 0.25) is 0 Å². The van der Waals surface area contributed by atoms with E-state index < -0.39 is 6.61 Å². The van der Waals surface area contributed by atoms with Crippen LogP contribution in [0.4, 0.5) is 8.78 Å². The summed E-state index contributed by atoms with van der Waals surface area (Å²) in [5.41, 5.74) is 0.813. The van der Waals surface area contributed by atoms with Gasteiger partial charge in [-0.25, -0.2) is 0 Å². The molecule has 1 saturated carbocycles. The summed E-state index contributed by atoms with van der Waals surface area (Å²) in [5.74, 6) is 0.312. The fourth-order valence-electron chi connectivity index (χ4n) is 3.25. The smallest absolute Gasteiger partial charge is 0.387 e. The second kappa shape index (κ2) is 7.45. The van der Waals surface area contributed by atoms with Gasteiger partial charge >= 0.3 is 6.61 Å². The van der Waals surface area contributed by atoms with Gasteiger partial charge in [0.25, 0.3) is 0 Å². The maximum absolute atomic E-state index is 12.4. The summed E-state index contributed by atoms with van der Waals surface area (Å²) >= 11 is 0. The molecule has 0 heterocycles. The zero-order chi connectivity index (χ0) is 17.0. The Kier molecular flexibility index (Phi) is 5.81. The van der Waals surface area contributed by atoms with Crippen molar-refractivity contribution in [1.82, 2.24) is 5.32 Å². The molecule has 1 aromatic carbocycles. The molecule has 0 spiro atoms. The maximum atomic E-state index is 12.4. The van der Waals surface area contributed by atoms with Crippen LogP contribution in [-0.2, 0) is 0 Å². The first-order valence-corrected chi connectivity index (χ1v) is 7.89. The molecule has 0 bridgehead atoms. The third-order valence-electron chi connectivity index (χ3n) is 4.80. The molecule has 0 aromatic heterocycles. The van der Waals surface area contributed by atoms with Crippen LogP contribution in [0.25, 0.3) is 0 Å². The lowest BCUT2D eigenvalue weighted by molar-refractivity contribution is -0.0512. The number of ether oxygens (including phenoxy) is 2. The number of alkyl halides is 2. The Balaban J connectivity index is 2.11. The van der Waals surface area contributed by atoms with E-state index in [0.717, 1.165) is 24.8 Å². The molecular formula is C17H25F2NO3. The van der Waals surface area contributed by atoms with Crippen LogP contribution in [0, 0.1) is 5.41 Å². The molecule has 23 heavy (non-hydrogen) atoms. The van der Waals surface area contributed by atoms with Gasteiger partial charge in [0.1, 0.15) is 0 Å². The van der Waals surface area contributed by atoms with E-state index >= 15 is 0 Å². The lowest BCUT2D eigenvalue weighted by Crippen LogP contribution is -2.42. The zero-order valence-electron chi connectivity index (χ0n) is 13.8. The number of halogens is 2. The quantitative estimate of drug-likeness (QED) is 0.804. The lowest BCUT2D eigenvalue weighted by Gasteiger charge is -2.33. The van der Waals surface area contributed by atoms with Gasteiger partial charge in [-0.1, -0.05) is 19.4 Å². The Bertz CT molecular complexity index is 527. The summed E-state index contributed by atoms with van der Waals surface area (Å²) in [6, 6.07) is 5.20. The van der Waals surface area contributed by atoms with Crippen molar-refractivity contribution < 1.29 is 23.4 Å². The SMILES string of the molecule is COc1cc(C(C)NC2CCCC2(C)CO)ccc1OC(F)F. The normalized spacial score (nSPS) is 25.6. The van der Waals surface area contributed by atoms with Crippen LogP contribution in [-0.4, -0.2) is 31.5 Å². The van der Waals surface area contributed by atoms with E-state index in [2.05, 4.69) is 17.0 Å². The molecule has 6 heteroatoms. The van der Waals surface area contributed by atoms with Crippen molar-refractivity contribution in [3.05, 3.63) is 23.8 Å². The van der Waals surface area contributed by atoms with Crippen LogP contribution in [0.5, 0.6) is 11.5 Å². The summed E-state index contributed by atoms with van der Waals surface area (Å²) < 4.78 is 34.3. The fraction of sp³-hybridized carbons (Fsp3) is 0.647. The molecule has 3 unspecified atom stereocenters. The first-order valence-electron chi connectivity index (χ1n) is 7.89. The van der Waals surface area contributed by atoms with Crippen LogP contribution in [0.15, 0.2) is 18.2 Å². The molecule has 0 saturated heterocycles. The highest BCUT2D eigenvalue weighted by molar-refractivity contribution is 5.43. The second-order valence-corrected chi connectivity index (χ2v) is 6.43. The van der Waals surface area contributed by atoms with Gasteiger partial charge in [0.05, 0.1) is 7.11 Å². The molecular weight excluding hydrogens is 304 g/mol. The number of nitrogens with one attached hydrogen (secondary N) is 1. The van der Waals surface area contributed by atoms with Gasteiger partial charge in [-0.05, 0) is 37.5 Å². The Hall–Kier alpha value is -1.40. The fourth-order valence-corrected chi connectivity index (χ4v) is 3.25. The van der Waals surface area contributed by atoms with E-state index in [4.69, 9.17) is 4.74 Å². The minimum Gasteiger partial charge on any atom is -0.493 e. The van der Waals surface area contributed by atoms with Gasteiger partial charge in [-0.2, -0.15) is 8.78 Å². The number of rotatable bonds is 7. The molecule has 2 N–H and O–H groups in total. The molecule has 1 aromatic rings. The van der Waals surface area contributed by atoms with Crippen molar-refractivity contribution in [2.75, 3.05) is 13.7 Å². The van der Waals surface area contributed by atoms with E-state index in [1.807, 2.05) is 6.92 Å². The summed E-state index contributed by atoms with van der Waals surface area (Å²) in [5, 5.41) is 13.2. The topological polar surface area (TPSA) is 50.7 Å². The van der Waals surface area contributed by atoms with E-state index in [9.17, 15) is 13.9 Å². The molecule has 0 radical (unpaired) electrons. The summed E-state index contributed by atoms with van der Waals surface area (Å²) in [7, 11) is 1.43. The maximum Gasteiger partial charge on any atom is 0.387 e. The standard InChI is InChI=1S/C17H25F2NO3/c1-11(20-15-5-4-8-17(15,2)10-21)12-6-7-13(23-16(18)19)14(9-12)22-3/h6-7,9,11,15-16,20-21H,4-5,8,10H2,1-3H3. The number of aliphatic hydroxyl groups excluding tert-OH is 1. The van der Waals surface area contributed by atoms with Crippen molar-refractivity contribution in [3.63, 3.8) is 0 Å². The molecule has 4 nitrogen and oxygen atoms in total. The monoisotopic (exact) mass is 329 g/mol. The molecule has 0 amide bonds. The third kappa shape index (κ3) is 4.12. The number of methoxy groups -OCH3 is 1. The molecule has 2 rings (SSSR count). The summed E-state index contributed by atoms with van der Waals surface area (Å²) in [4.78, 5) is 0. The largest absolute Gasteiger partial charge is 0.493 e. The summed E-state index contributed by atoms with van der Waals surface area (Å²) in [6.45, 7) is 1.37. The second-order valence-electron chi connectivity index (χ2n) is 6.43. The van der Waals surface area contributed by atoms with E-state index in [1.54, 1.807) is 12.1 Å². The van der Waals surface area contributed by atoms with Crippen molar-refractivity contribution in [1.29, 1.82) is 0 Å². The average molecular weight is 329 g/mol. The third-order valence-corrected chi connectivity index (χ3v) is 4.80. The van der Waals surface area contributed by atoms with Gasteiger partial charge < -0.3 is 19.9 Å². The number of hydrogen-bond acceptors (Lipinski definition) is 4. The van der Waals surface area contributed by atoms with Gasteiger partial charge in [0.15, 0.2) is 11.5 Å². The Morgan fingerprint density at radius 3 is 2.74 bits per heavy atom. The minimum atomic E-state index is -2.88. The predicted molar refractivity (Wildman–Crippen MR) is 84.0 cm³/mol.